The Balaban J connectivity index is 0.000000867. The van der Waals surface area contributed by atoms with Gasteiger partial charge in [0.2, 0.25) is 0 Å². The van der Waals surface area contributed by atoms with Gasteiger partial charge >= 0.3 is 0 Å². The molecule has 0 aliphatic carbocycles. The van der Waals surface area contributed by atoms with Crippen LogP contribution in [0.5, 0.6) is 11.5 Å². The first-order valence-corrected chi connectivity index (χ1v) is 13.2. The number of methoxy groups -OCH3 is 2. The predicted octanol–water partition coefficient (Wildman–Crippen LogP) is 2.57. The molecule has 2 saturated heterocycles. The van der Waals surface area contributed by atoms with Crippen LogP contribution in [-0.4, -0.2) is 112 Å². The van der Waals surface area contributed by atoms with Crippen molar-refractivity contribution in [3.8, 4) is 22.9 Å². The lowest BCUT2D eigenvalue weighted by Gasteiger charge is -2.34. The van der Waals surface area contributed by atoms with Gasteiger partial charge in [-0.05, 0) is 37.4 Å². The van der Waals surface area contributed by atoms with Crippen LogP contribution in [0.4, 0.5) is 11.5 Å². The van der Waals surface area contributed by atoms with Crippen LogP contribution < -0.4 is 19.7 Å². The lowest BCUT2D eigenvalue weighted by atomic mass is 10.1. The highest BCUT2D eigenvalue weighted by atomic mass is 16.9. The van der Waals surface area contributed by atoms with E-state index in [1.807, 2.05) is 12.1 Å². The summed E-state index contributed by atoms with van der Waals surface area (Å²) in [5, 5.41) is 19.2. The number of nitrogens with one attached hydrogen (secondary N) is 1. The van der Waals surface area contributed by atoms with E-state index in [9.17, 15) is 0 Å². The number of nitrogens with zero attached hydrogens (tertiary/aromatic N) is 6. The van der Waals surface area contributed by atoms with Crippen molar-refractivity contribution < 1.29 is 19.3 Å². The van der Waals surface area contributed by atoms with Gasteiger partial charge in [-0.1, -0.05) is 0 Å². The molecule has 0 atom stereocenters. The smallest absolute Gasteiger partial charge is 0.162 e. The molecule has 216 valence electrons. The fraction of sp³-hybridized carbons (Fsp3) is 0.481. The van der Waals surface area contributed by atoms with Crippen molar-refractivity contribution in [1.29, 1.82) is 0 Å². The van der Waals surface area contributed by atoms with Crippen molar-refractivity contribution >= 4 is 22.4 Å². The normalized spacial score (nSPS) is 16.2. The van der Waals surface area contributed by atoms with Crippen LogP contribution >= 0.6 is 0 Å². The Morgan fingerprint density at radius 2 is 1.57 bits per heavy atom. The molecule has 0 unspecified atom stereocenters. The quantitative estimate of drug-likeness (QED) is 0.323. The number of anilines is 2. The summed E-state index contributed by atoms with van der Waals surface area (Å²) in [5.74, 6) is 2.80. The molecule has 2 aromatic carbocycles. The van der Waals surface area contributed by atoms with Gasteiger partial charge in [-0.15, -0.1) is 0 Å². The summed E-state index contributed by atoms with van der Waals surface area (Å²) in [4.78, 5) is 25.3. The summed E-state index contributed by atoms with van der Waals surface area (Å²) in [5.41, 5.74) is 3.04. The predicted molar refractivity (Wildman–Crippen MR) is 154 cm³/mol. The Hall–Kier alpha value is -3.94. The minimum Gasteiger partial charge on any atom is -0.493 e. The van der Waals surface area contributed by atoms with Gasteiger partial charge in [0.25, 0.3) is 0 Å². The third-order valence-corrected chi connectivity index (χ3v) is 7.02. The van der Waals surface area contributed by atoms with Crippen LogP contribution in [0.3, 0.4) is 0 Å². The van der Waals surface area contributed by atoms with Crippen molar-refractivity contribution in [2.24, 2.45) is 0 Å². The SMILES string of the molecule is COc1cc2nc(-c3ccc(N4CCN(C)CC4)cc3)nc(NCCN3CCOCC3)c2cc1OC.O=[N+]([O-])[O-]. The molecule has 13 nitrogen and oxygen atoms in total. The Morgan fingerprint density at radius 1 is 0.950 bits per heavy atom. The van der Waals surface area contributed by atoms with Crippen molar-refractivity contribution in [1.82, 2.24) is 19.8 Å². The maximum atomic E-state index is 8.25. The van der Waals surface area contributed by atoms with Gasteiger partial charge in [0, 0.05) is 75.1 Å². The molecule has 5 rings (SSSR count). The van der Waals surface area contributed by atoms with Gasteiger partial charge in [-0.25, -0.2) is 9.97 Å². The Bertz CT molecular complexity index is 1260. The van der Waals surface area contributed by atoms with Gasteiger partial charge in [-0.3, -0.25) is 4.90 Å². The number of piperazine rings is 1. The monoisotopic (exact) mass is 554 g/mol. The zero-order chi connectivity index (χ0) is 28.5. The molecule has 13 heteroatoms. The Kier molecular flexibility index (Phi) is 10.1. The minimum atomic E-state index is -1.75. The largest absolute Gasteiger partial charge is 0.493 e. The lowest BCUT2D eigenvalue weighted by Crippen LogP contribution is -2.44. The zero-order valence-corrected chi connectivity index (χ0v) is 23.2. The van der Waals surface area contributed by atoms with Crippen molar-refractivity contribution in [2.75, 3.05) is 97.1 Å². The molecule has 0 saturated carbocycles. The van der Waals surface area contributed by atoms with E-state index in [4.69, 9.17) is 39.5 Å². The first-order chi connectivity index (χ1) is 19.4. The van der Waals surface area contributed by atoms with Crippen molar-refractivity contribution in [3.63, 3.8) is 0 Å². The maximum absolute atomic E-state index is 8.25. The average Bonchev–Trinajstić information content (AvgIpc) is 2.97. The molecule has 3 aromatic rings. The Morgan fingerprint density at radius 3 is 2.20 bits per heavy atom. The van der Waals surface area contributed by atoms with E-state index in [2.05, 4.69) is 51.3 Å². The van der Waals surface area contributed by atoms with E-state index in [1.54, 1.807) is 14.2 Å². The van der Waals surface area contributed by atoms with Crippen molar-refractivity contribution in [2.45, 2.75) is 0 Å². The molecule has 0 bridgehead atoms. The highest BCUT2D eigenvalue weighted by Gasteiger charge is 2.17. The van der Waals surface area contributed by atoms with E-state index in [0.29, 0.717) is 17.3 Å². The number of morpholine rings is 1. The number of hydrogen-bond acceptors (Lipinski definition) is 12. The van der Waals surface area contributed by atoms with E-state index < -0.39 is 5.09 Å². The fourth-order valence-corrected chi connectivity index (χ4v) is 4.76. The standard InChI is InChI=1S/C27H36N6O3.NO3/c1-31-10-12-33(13-11-31)21-6-4-20(5-7-21)26-29-23-19-25(35-3)24(34-2)18-22(23)27(30-26)28-8-9-32-14-16-36-17-15-32;2-1(3)4/h4-7,18-19H,8-17H2,1-3H3,(H,28,29,30);/q;-1. The highest BCUT2D eigenvalue weighted by Crippen LogP contribution is 2.35. The summed E-state index contributed by atoms with van der Waals surface area (Å²) < 4.78 is 16.6. The van der Waals surface area contributed by atoms with Crippen LogP contribution in [-0.2, 0) is 4.74 Å². The van der Waals surface area contributed by atoms with E-state index >= 15 is 0 Å². The number of likely N-dealkylation sites (N-methyl/N-ethyl adjacent to an activating group) is 1. The summed E-state index contributed by atoms with van der Waals surface area (Å²) in [6.45, 7) is 9.47. The van der Waals surface area contributed by atoms with E-state index in [-0.39, 0.29) is 0 Å². The fourth-order valence-electron chi connectivity index (χ4n) is 4.76. The molecule has 2 aliphatic rings. The summed E-state index contributed by atoms with van der Waals surface area (Å²) in [7, 11) is 5.46. The van der Waals surface area contributed by atoms with Gasteiger partial charge < -0.3 is 44.6 Å². The number of aromatic nitrogens is 2. The third-order valence-electron chi connectivity index (χ3n) is 7.02. The first kappa shape index (κ1) is 29.1. The second-order valence-corrected chi connectivity index (χ2v) is 9.56. The van der Waals surface area contributed by atoms with E-state index in [0.717, 1.165) is 87.9 Å². The van der Waals surface area contributed by atoms with Crippen LogP contribution in [0.25, 0.3) is 22.3 Å². The third kappa shape index (κ3) is 7.58. The topological polar surface area (TPSA) is 141 Å². The molecular formula is C27H36N7O6-. The van der Waals surface area contributed by atoms with Crippen LogP contribution in [0, 0.1) is 15.3 Å². The van der Waals surface area contributed by atoms with Gasteiger partial charge in [0.1, 0.15) is 5.82 Å². The molecule has 0 radical (unpaired) electrons. The Labute approximate surface area is 233 Å². The number of fused-ring (bicyclic) bond motifs is 1. The first-order valence-electron chi connectivity index (χ1n) is 13.2. The summed E-state index contributed by atoms with van der Waals surface area (Å²) in [6, 6.07) is 12.5. The van der Waals surface area contributed by atoms with Gasteiger partial charge in [0.05, 0.1) is 38.0 Å². The van der Waals surface area contributed by atoms with Crippen LogP contribution in [0.2, 0.25) is 0 Å². The highest BCUT2D eigenvalue weighted by molar-refractivity contribution is 5.93. The van der Waals surface area contributed by atoms with Gasteiger partial charge in [-0.2, -0.15) is 0 Å². The number of ether oxygens (including phenoxy) is 3. The van der Waals surface area contributed by atoms with Crippen molar-refractivity contribution in [3.05, 3.63) is 51.7 Å². The number of rotatable bonds is 8. The van der Waals surface area contributed by atoms with Crippen LogP contribution in [0.15, 0.2) is 36.4 Å². The van der Waals surface area contributed by atoms with E-state index in [1.165, 1.54) is 5.69 Å². The zero-order valence-electron chi connectivity index (χ0n) is 23.2. The summed E-state index contributed by atoms with van der Waals surface area (Å²) in [6.07, 6.45) is 0. The molecule has 0 spiro atoms. The molecule has 1 N–H and O–H groups in total. The average molecular weight is 555 g/mol. The molecule has 1 aromatic heterocycles. The number of hydrogen-bond donors (Lipinski definition) is 1. The van der Waals surface area contributed by atoms with Crippen LogP contribution in [0.1, 0.15) is 0 Å². The molecular weight excluding hydrogens is 518 g/mol. The molecule has 0 amide bonds. The molecule has 2 aliphatic heterocycles. The second-order valence-electron chi connectivity index (χ2n) is 9.56. The summed E-state index contributed by atoms with van der Waals surface area (Å²) >= 11 is 0. The second kappa shape index (κ2) is 13.9. The minimum absolute atomic E-state index is 0.652. The molecule has 40 heavy (non-hydrogen) atoms. The molecule has 2 fully saturated rings. The maximum Gasteiger partial charge on any atom is 0.162 e. The molecule has 3 heterocycles. The lowest BCUT2D eigenvalue weighted by molar-refractivity contribution is -0.402. The number of benzene rings is 2. The van der Waals surface area contributed by atoms with Gasteiger partial charge in [0.15, 0.2) is 17.3 Å².